The molecule has 0 saturated heterocycles. The van der Waals surface area contributed by atoms with Crippen LogP contribution in [-0.2, 0) is 20.8 Å². The molecule has 6 nitrogen and oxygen atoms in total. The van der Waals surface area contributed by atoms with Crippen molar-refractivity contribution >= 4 is 29.1 Å². The molecule has 0 radical (unpaired) electrons. The van der Waals surface area contributed by atoms with Gasteiger partial charge in [0.05, 0.1) is 0 Å². The first-order valence-corrected chi connectivity index (χ1v) is 7.70. The molecule has 0 aromatic heterocycles. The predicted molar refractivity (Wildman–Crippen MR) is 85.1 cm³/mol. The largest absolute Gasteiger partial charge is 0.405 e. The molecular weight excluding hydrogens is 339 g/mol. The fraction of sp³-hybridized carbons (Fsp3) is 0.438. The Morgan fingerprint density at radius 2 is 1.96 bits per heavy atom. The zero-order valence-corrected chi connectivity index (χ0v) is 13.6. The summed E-state index contributed by atoms with van der Waals surface area (Å²) >= 11 is 0. The van der Waals surface area contributed by atoms with Crippen molar-refractivity contribution in [2.75, 3.05) is 23.3 Å². The lowest BCUT2D eigenvalue weighted by Gasteiger charge is -2.30. The predicted octanol–water partition coefficient (Wildman–Crippen LogP) is 1.99. The molecule has 0 atom stereocenters. The molecular formula is C16H18F3N3O3. The summed E-state index contributed by atoms with van der Waals surface area (Å²) < 4.78 is 36.3. The number of carbonyl (C=O) groups is 3. The summed E-state index contributed by atoms with van der Waals surface area (Å²) in [6.07, 6.45) is -3.92. The van der Waals surface area contributed by atoms with Crippen LogP contribution in [0.1, 0.15) is 25.3 Å². The summed E-state index contributed by atoms with van der Waals surface area (Å²) in [5.41, 5.74) is 1.92. The van der Waals surface area contributed by atoms with Crippen molar-refractivity contribution in [3.63, 3.8) is 0 Å². The number of hydrogen-bond acceptors (Lipinski definition) is 3. The number of carbonyl (C=O) groups excluding carboxylic acids is 3. The number of nitrogens with zero attached hydrogens (tertiary/aromatic N) is 1. The summed E-state index contributed by atoms with van der Waals surface area (Å²) in [6.45, 7) is 0.264. The van der Waals surface area contributed by atoms with Crippen LogP contribution in [0.15, 0.2) is 18.2 Å². The lowest BCUT2D eigenvalue weighted by molar-refractivity contribution is -0.140. The molecule has 1 heterocycles. The average molecular weight is 357 g/mol. The lowest BCUT2D eigenvalue weighted by Crippen LogP contribution is -2.40. The Hall–Kier alpha value is -2.58. The summed E-state index contributed by atoms with van der Waals surface area (Å²) in [4.78, 5) is 36.5. The Bertz CT molecular complexity index is 689. The summed E-state index contributed by atoms with van der Waals surface area (Å²) in [6, 6.07) is 5.06. The highest BCUT2D eigenvalue weighted by atomic mass is 19.4. The van der Waals surface area contributed by atoms with Crippen LogP contribution in [0.5, 0.6) is 0 Å². The molecule has 0 unspecified atom stereocenters. The van der Waals surface area contributed by atoms with E-state index in [1.54, 1.807) is 23.5 Å². The molecule has 0 spiro atoms. The molecule has 0 fully saturated rings. The van der Waals surface area contributed by atoms with Gasteiger partial charge in [0, 0.05) is 24.8 Å². The fourth-order valence-corrected chi connectivity index (χ4v) is 2.68. The Labute approximate surface area is 142 Å². The van der Waals surface area contributed by atoms with Crippen LogP contribution in [0.2, 0.25) is 0 Å². The first-order valence-electron chi connectivity index (χ1n) is 7.70. The molecule has 1 aliphatic heterocycles. The normalized spacial score (nSPS) is 13.8. The first kappa shape index (κ1) is 18.8. The summed E-state index contributed by atoms with van der Waals surface area (Å²) in [5, 5.41) is 4.37. The van der Waals surface area contributed by atoms with E-state index in [2.05, 4.69) is 5.32 Å². The van der Waals surface area contributed by atoms with Crippen molar-refractivity contribution in [2.24, 2.45) is 0 Å². The Balaban J connectivity index is 2.10. The van der Waals surface area contributed by atoms with Crippen LogP contribution >= 0.6 is 0 Å². The summed E-state index contributed by atoms with van der Waals surface area (Å²) in [5.74, 6) is -1.81. The van der Waals surface area contributed by atoms with Crippen molar-refractivity contribution < 1.29 is 27.6 Å². The number of nitrogens with one attached hydrogen (secondary N) is 2. The highest BCUT2D eigenvalue weighted by Crippen LogP contribution is 2.33. The van der Waals surface area contributed by atoms with Crippen molar-refractivity contribution in [1.82, 2.24) is 5.32 Å². The molecule has 2 rings (SSSR count). The number of rotatable bonds is 4. The smallest absolute Gasteiger partial charge is 0.347 e. The molecule has 0 saturated carbocycles. The second-order valence-electron chi connectivity index (χ2n) is 5.70. The highest BCUT2D eigenvalue weighted by molar-refractivity contribution is 6.06. The number of benzene rings is 1. The Kier molecular flexibility index (Phi) is 5.66. The molecule has 136 valence electrons. The maximum absolute atomic E-state index is 12.3. The van der Waals surface area contributed by atoms with Gasteiger partial charge in [-0.1, -0.05) is 6.07 Å². The van der Waals surface area contributed by atoms with Gasteiger partial charge >= 0.3 is 6.18 Å². The van der Waals surface area contributed by atoms with E-state index in [0.717, 1.165) is 5.56 Å². The van der Waals surface area contributed by atoms with E-state index in [1.807, 2.05) is 0 Å². The molecule has 9 heteroatoms. The van der Waals surface area contributed by atoms with Crippen LogP contribution in [0.4, 0.5) is 24.5 Å². The van der Waals surface area contributed by atoms with E-state index >= 15 is 0 Å². The van der Waals surface area contributed by atoms with Crippen LogP contribution in [0, 0.1) is 0 Å². The van der Waals surface area contributed by atoms with Gasteiger partial charge in [0.25, 0.3) is 0 Å². The van der Waals surface area contributed by atoms with Gasteiger partial charge in [-0.3, -0.25) is 14.4 Å². The number of anilines is 2. The van der Waals surface area contributed by atoms with E-state index in [0.29, 0.717) is 30.8 Å². The zero-order chi connectivity index (χ0) is 18.6. The van der Waals surface area contributed by atoms with Gasteiger partial charge in [0.1, 0.15) is 13.0 Å². The Morgan fingerprint density at radius 1 is 1.24 bits per heavy atom. The van der Waals surface area contributed by atoms with Gasteiger partial charge in [0.2, 0.25) is 17.7 Å². The van der Waals surface area contributed by atoms with Crippen molar-refractivity contribution in [2.45, 2.75) is 32.4 Å². The molecule has 1 aromatic carbocycles. The van der Waals surface area contributed by atoms with Gasteiger partial charge in [-0.25, -0.2) is 0 Å². The fourth-order valence-electron chi connectivity index (χ4n) is 2.68. The second kappa shape index (κ2) is 7.54. The third kappa shape index (κ3) is 5.20. The molecule has 0 bridgehead atoms. The summed E-state index contributed by atoms with van der Waals surface area (Å²) in [7, 11) is 0. The molecule has 2 N–H and O–H groups in total. The third-order valence-electron chi connectivity index (χ3n) is 3.66. The van der Waals surface area contributed by atoms with E-state index in [1.165, 1.54) is 11.8 Å². The number of alkyl halides is 3. The highest BCUT2D eigenvalue weighted by Gasteiger charge is 2.29. The maximum atomic E-state index is 12.3. The van der Waals surface area contributed by atoms with Crippen LogP contribution < -0.4 is 15.5 Å². The first-order chi connectivity index (χ1) is 11.7. The van der Waals surface area contributed by atoms with Crippen LogP contribution in [0.3, 0.4) is 0 Å². The molecule has 1 aliphatic rings. The second-order valence-corrected chi connectivity index (χ2v) is 5.70. The van der Waals surface area contributed by atoms with Gasteiger partial charge in [0.15, 0.2) is 0 Å². The topological polar surface area (TPSA) is 78.5 Å². The van der Waals surface area contributed by atoms with E-state index in [9.17, 15) is 27.6 Å². The third-order valence-corrected chi connectivity index (χ3v) is 3.66. The molecule has 25 heavy (non-hydrogen) atoms. The van der Waals surface area contributed by atoms with E-state index < -0.39 is 31.0 Å². The van der Waals surface area contributed by atoms with Crippen molar-refractivity contribution in [3.05, 3.63) is 23.8 Å². The van der Waals surface area contributed by atoms with E-state index in [-0.39, 0.29) is 5.91 Å². The Morgan fingerprint density at radius 3 is 2.60 bits per heavy atom. The van der Waals surface area contributed by atoms with E-state index in [4.69, 9.17) is 0 Å². The minimum Gasteiger partial charge on any atom is -0.347 e. The minimum atomic E-state index is -4.52. The average Bonchev–Trinajstić information content (AvgIpc) is 2.51. The zero-order valence-electron chi connectivity index (χ0n) is 13.6. The quantitative estimate of drug-likeness (QED) is 0.809. The van der Waals surface area contributed by atoms with Gasteiger partial charge < -0.3 is 15.5 Å². The van der Waals surface area contributed by atoms with Gasteiger partial charge in [-0.15, -0.1) is 0 Å². The van der Waals surface area contributed by atoms with Crippen molar-refractivity contribution in [1.29, 1.82) is 0 Å². The van der Waals surface area contributed by atoms with Gasteiger partial charge in [-0.05, 0) is 30.5 Å². The lowest BCUT2D eigenvalue weighted by atomic mass is 9.99. The van der Waals surface area contributed by atoms with Gasteiger partial charge in [-0.2, -0.15) is 13.2 Å². The van der Waals surface area contributed by atoms with Crippen molar-refractivity contribution in [3.8, 4) is 0 Å². The van der Waals surface area contributed by atoms with Crippen LogP contribution in [0.25, 0.3) is 0 Å². The molecule has 1 aromatic rings. The number of hydrogen-bond donors (Lipinski definition) is 2. The SMILES string of the molecule is CC(=O)Nc1cccc2c1CCCN2C(=O)CC(=O)NCC(F)(F)F. The number of halogens is 3. The standard InChI is InChI=1S/C16H18F3N3O3/c1-10(23)21-12-5-2-6-13-11(12)4-3-7-22(13)15(25)8-14(24)20-9-16(17,18)19/h2,5-6H,3-4,7-9H2,1H3,(H,20,24)(H,21,23). The monoisotopic (exact) mass is 357 g/mol. The molecule has 3 amide bonds. The number of amides is 3. The van der Waals surface area contributed by atoms with Crippen LogP contribution in [-0.4, -0.2) is 37.0 Å². The molecule has 0 aliphatic carbocycles. The minimum absolute atomic E-state index is 0.247. The number of fused-ring (bicyclic) bond motifs is 1. The maximum Gasteiger partial charge on any atom is 0.405 e.